The van der Waals surface area contributed by atoms with Crippen molar-refractivity contribution in [1.29, 1.82) is 0 Å². The van der Waals surface area contributed by atoms with Gasteiger partial charge in [-0.3, -0.25) is 14.5 Å². The van der Waals surface area contributed by atoms with Crippen LogP contribution < -0.4 is 16.6 Å². The van der Waals surface area contributed by atoms with Crippen molar-refractivity contribution in [3.05, 3.63) is 57.0 Å². The topological polar surface area (TPSA) is 84.7 Å². The molecular weight excluding hydrogens is 270 g/mol. The molecule has 0 saturated carbocycles. The van der Waals surface area contributed by atoms with E-state index in [1.54, 1.807) is 19.4 Å². The van der Waals surface area contributed by atoms with Crippen molar-refractivity contribution >= 4 is 16.6 Å². The zero-order valence-electron chi connectivity index (χ0n) is 11.8. The lowest BCUT2D eigenvalue weighted by Crippen LogP contribution is -2.38. The Hall–Kier alpha value is -2.83. The van der Waals surface area contributed by atoms with Crippen LogP contribution in [-0.2, 0) is 20.6 Å². The second-order valence-corrected chi connectivity index (χ2v) is 4.90. The van der Waals surface area contributed by atoms with Crippen LogP contribution in [0.2, 0.25) is 0 Å². The molecule has 0 saturated heterocycles. The number of aryl methyl sites for hydroxylation is 1. The molecule has 2 N–H and O–H groups in total. The number of aromatic amines is 1. The number of benzene rings is 1. The number of hydrogen-bond acceptors (Lipinski definition) is 4. The molecule has 0 fully saturated rings. The lowest BCUT2D eigenvalue weighted by molar-refractivity contribution is 0.671. The van der Waals surface area contributed by atoms with Crippen molar-refractivity contribution in [2.45, 2.75) is 6.54 Å². The summed E-state index contributed by atoms with van der Waals surface area (Å²) in [5.74, 6) is 0. The first kappa shape index (κ1) is 13.2. The standard InChI is InChI=1S/C14H15N5O2/c1-18-8-9(13(20)19(2)14(18)21)6-15-11-4-3-5-12-10(11)7-16-17-12/h3-5,7-8,15H,6H2,1-2H3,(H,16,17). The van der Waals surface area contributed by atoms with Crippen molar-refractivity contribution < 1.29 is 0 Å². The molecule has 0 radical (unpaired) electrons. The van der Waals surface area contributed by atoms with Crippen molar-refractivity contribution in [2.24, 2.45) is 14.1 Å². The summed E-state index contributed by atoms with van der Waals surface area (Å²) in [7, 11) is 3.10. The molecule has 3 aromatic rings. The van der Waals surface area contributed by atoms with E-state index < -0.39 is 0 Å². The fraction of sp³-hybridized carbons (Fsp3) is 0.214. The normalized spacial score (nSPS) is 11.0. The van der Waals surface area contributed by atoms with Gasteiger partial charge in [-0.2, -0.15) is 5.10 Å². The van der Waals surface area contributed by atoms with E-state index in [4.69, 9.17) is 0 Å². The predicted octanol–water partition coefficient (Wildman–Crippen LogP) is 0.572. The third-order valence-electron chi connectivity index (χ3n) is 3.47. The molecule has 3 rings (SSSR count). The van der Waals surface area contributed by atoms with Crippen LogP contribution >= 0.6 is 0 Å². The van der Waals surface area contributed by atoms with E-state index in [-0.39, 0.29) is 11.2 Å². The average Bonchev–Trinajstić information content (AvgIpc) is 2.96. The van der Waals surface area contributed by atoms with Gasteiger partial charge >= 0.3 is 5.69 Å². The summed E-state index contributed by atoms with van der Waals surface area (Å²) in [6.07, 6.45) is 3.30. The van der Waals surface area contributed by atoms with Crippen LogP contribution in [0.15, 0.2) is 40.2 Å². The fourth-order valence-corrected chi connectivity index (χ4v) is 2.32. The highest BCUT2D eigenvalue weighted by Crippen LogP contribution is 2.21. The maximum Gasteiger partial charge on any atom is 0.330 e. The second-order valence-electron chi connectivity index (χ2n) is 4.90. The molecule has 0 unspecified atom stereocenters. The number of hydrogen-bond donors (Lipinski definition) is 2. The fourth-order valence-electron chi connectivity index (χ4n) is 2.32. The quantitative estimate of drug-likeness (QED) is 0.737. The van der Waals surface area contributed by atoms with Gasteiger partial charge in [0.1, 0.15) is 0 Å². The summed E-state index contributed by atoms with van der Waals surface area (Å²) >= 11 is 0. The Bertz CT molecular complexity index is 919. The molecule has 21 heavy (non-hydrogen) atoms. The third-order valence-corrected chi connectivity index (χ3v) is 3.47. The van der Waals surface area contributed by atoms with Gasteiger partial charge in [-0.15, -0.1) is 0 Å². The first-order chi connectivity index (χ1) is 10.1. The van der Waals surface area contributed by atoms with E-state index in [1.165, 1.54) is 11.6 Å². The molecule has 0 atom stereocenters. The van der Waals surface area contributed by atoms with Crippen LogP contribution in [0.4, 0.5) is 5.69 Å². The number of fused-ring (bicyclic) bond motifs is 1. The van der Waals surface area contributed by atoms with Crippen LogP contribution in [0, 0.1) is 0 Å². The molecule has 2 aromatic heterocycles. The molecular formula is C14H15N5O2. The van der Waals surface area contributed by atoms with E-state index in [0.29, 0.717) is 12.1 Å². The zero-order valence-corrected chi connectivity index (χ0v) is 11.8. The first-order valence-electron chi connectivity index (χ1n) is 6.49. The Morgan fingerprint density at radius 1 is 1.29 bits per heavy atom. The van der Waals surface area contributed by atoms with E-state index >= 15 is 0 Å². The van der Waals surface area contributed by atoms with E-state index in [1.807, 2.05) is 18.2 Å². The van der Waals surface area contributed by atoms with Gasteiger partial charge in [0.2, 0.25) is 0 Å². The van der Waals surface area contributed by atoms with Gasteiger partial charge in [0, 0.05) is 37.9 Å². The molecule has 7 nitrogen and oxygen atoms in total. The smallest absolute Gasteiger partial charge is 0.330 e. The summed E-state index contributed by atoms with van der Waals surface area (Å²) in [6, 6.07) is 5.75. The van der Waals surface area contributed by atoms with Crippen molar-refractivity contribution in [1.82, 2.24) is 19.3 Å². The Morgan fingerprint density at radius 3 is 2.90 bits per heavy atom. The van der Waals surface area contributed by atoms with Crippen LogP contribution in [0.3, 0.4) is 0 Å². The molecule has 1 aromatic carbocycles. The lowest BCUT2D eigenvalue weighted by atomic mass is 10.2. The lowest BCUT2D eigenvalue weighted by Gasteiger charge is -2.09. The number of H-pyrrole nitrogens is 1. The Morgan fingerprint density at radius 2 is 2.10 bits per heavy atom. The van der Waals surface area contributed by atoms with Gasteiger partial charge in [-0.25, -0.2) is 4.79 Å². The minimum Gasteiger partial charge on any atom is -0.380 e. The molecule has 0 aliphatic carbocycles. The zero-order chi connectivity index (χ0) is 15.0. The molecule has 7 heteroatoms. The summed E-state index contributed by atoms with van der Waals surface area (Å²) in [5.41, 5.74) is 1.72. The molecule has 0 aliphatic heterocycles. The molecule has 0 amide bonds. The summed E-state index contributed by atoms with van der Waals surface area (Å²) < 4.78 is 2.51. The minimum atomic E-state index is -0.333. The van der Waals surface area contributed by atoms with E-state index in [2.05, 4.69) is 15.5 Å². The number of nitrogens with zero attached hydrogens (tertiary/aromatic N) is 3. The molecule has 0 spiro atoms. The number of nitrogens with one attached hydrogen (secondary N) is 2. The highest BCUT2D eigenvalue weighted by molar-refractivity contribution is 5.90. The molecule has 108 valence electrons. The Labute approximate surface area is 119 Å². The second kappa shape index (κ2) is 4.93. The van der Waals surface area contributed by atoms with Crippen molar-refractivity contribution in [2.75, 3.05) is 5.32 Å². The van der Waals surface area contributed by atoms with Gasteiger partial charge < -0.3 is 9.88 Å². The maximum atomic E-state index is 12.1. The van der Waals surface area contributed by atoms with Crippen molar-refractivity contribution in [3.63, 3.8) is 0 Å². The van der Waals surface area contributed by atoms with Gasteiger partial charge in [0.25, 0.3) is 5.56 Å². The van der Waals surface area contributed by atoms with Gasteiger partial charge in [-0.05, 0) is 12.1 Å². The molecule has 0 aliphatic rings. The average molecular weight is 285 g/mol. The van der Waals surface area contributed by atoms with E-state index in [9.17, 15) is 9.59 Å². The number of anilines is 1. The van der Waals surface area contributed by atoms with Gasteiger partial charge in [-0.1, -0.05) is 6.07 Å². The van der Waals surface area contributed by atoms with Crippen LogP contribution in [-0.4, -0.2) is 19.3 Å². The summed E-state index contributed by atoms with van der Waals surface area (Å²) in [4.78, 5) is 23.7. The molecule has 2 heterocycles. The number of rotatable bonds is 3. The SMILES string of the molecule is Cn1cc(CNc2cccc3[nH]ncc23)c(=O)n(C)c1=O. The van der Waals surface area contributed by atoms with Crippen LogP contribution in [0.1, 0.15) is 5.56 Å². The van der Waals surface area contributed by atoms with Crippen LogP contribution in [0.5, 0.6) is 0 Å². The Balaban J connectivity index is 1.94. The van der Waals surface area contributed by atoms with Gasteiger partial charge in [0.05, 0.1) is 17.3 Å². The van der Waals surface area contributed by atoms with Crippen LogP contribution in [0.25, 0.3) is 10.9 Å². The van der Waals surface area contributed by atoms with Crippen molar-refractivity contribution in [3.8, 4) is 0 Å². The number of aromatic nitrogens is 4. The predicted molar refractivity (Wildman–Crippen MR) is 80.3 cm³/mol. The minimum absolute atomic E-state index is 0.287. The first-order valence-corrected chi connectivity index (χ1v) is 6.49. The molecule has 0 bridgehead atoms. The summed E-state index contributed by atoms with van der Waals surface area (Å²) in [5, 5.41) is 11.1. The highest BCUT2D eigenvalue weighted by atomic mass is 16.2. The third kappa shape index (κ3) is 2.22. The maximum absolute atomic E-state index is 12.1. The van der Waals surface area contributed by atoms with Gasteiger partial charge in [0.15, 0.2) is 0 Å². The monoisotopic (exact) mass is 285 g/mol. The van der Waals surface area contributed by atoms with E-state index in [0.717, 1.165) is 21.2 Å². The highest BCUT2D eigenvalue weighted by Gasteiger charge is 2.08. The summed E-state index contributed by atoms with van der Waals surface area (Å²) in [6.45, 7) is 0.338. The largest absolute Gasteiger partial charge is 0.380 e. The Kier molecular flexibility index (Phi) is 3.09.